The van der Waals surface area contributed by atoms with Crippen LogP contribution in [0.4, 0.5) is 4.39 Å². The molecule has 6 heterocycles. The van der Waals surface area contributed by atoms with Gasteiger partial charge in [-0.05, 0) is 63.7 Å². The van der Waals surface area contributed by atoms with Gasteiger partial charge in [0.2, 0.25) is 5.91 Å². The van der Waals surface area contributed by atoms with Gasteiger partial charge in [-0.15, -0.1) is 0 Å². The average Bonchev–Trinajstić information content (AvgIpc) is 3.24. The van der Waals surface area contributed by atoms with Crippen LogP contribution in [0, 0.1) is 5.41 Å². The number of allylic oxidation sites excluding steroid dienone is 6. The first-order valence-corrected chi connectivity index (χ1v) is 14.2. The summed E-state index contributed by atoms with van der Waals surface area (Å²) < 4.78 is 18.1. The summed E-state index contributed by atoms with van der Waals surface area (Å²) in [5.41, 5.74) is 4.67. The number of aromatic amines is 1. The molecule has 8 rings (SSSR count). The molecule has 200 valence electrons. The van der Waals surface area contributed by atoms with Crippen molar-refractivity contribution in [1.29, 1.82) is 0 Å². The Balaban J connectivity index is 1.31. The van der Waals surface area contributed by atoms with Crippen molar-refractivity contribution in [1.82, 2.24) is 24.3 Å². The van der Waals surface area contributed by atoms with Gasteiger partial charge < -0.3 is 9.88 Å². The minimum atomic E-state index is -0.684. The van der Waals surface area contributed by atoms with Gasteiger partial charge in [-0.25, -0.2) is 14.4 Å². The van der Waals surface area contributed by atoms with Gasteiger partial charge in [-0.3, -0.25) is 19.0 Å². The number of carbonyl (C=O) groups excluding carboxylic acids is 2. The molecule has 40 heavy (non-hydrogen) atoms. The number of rotatable bonds is 2. The zero-order valence-corrected chi connectivity index (χ0v) is 23.3. The molecule has 0 radical (unpaired) electrons. The molecule has 1 saturated heterocycles. The Hall–Kier alpha value is -3.63. The summed E-state index contributed by atoms with van der Waals surface area (Å²) in [4.78, 5) is 45.1. The van der Waals surface area contributed by atoms with Gasteiger partial charge in [0.25, 0.3) is 0 Å². The van der Waals surface area contributed by atoms with E-state index < -0.39 is 17.5 Å². The molecule has 0 bridgehead atoms. The highest BCUT2D eigenvalue weighted by molar-refractivity contribution is 9.10. The molecule has 5 aliphatic rings. The summed E-state index contributed by atoms with van der Waals surface area (Å²) in [5, 5.41) is 0.142. The van der Waals surface area contributed by atoms with Crippen molar-refractivity contribution in [2.24, 2.45) is 10.4 Å². The summed E-state index contributed by atoms with van der Waals surface area (Å²) in [6, 6.07) is 3.78. The van der Waals surface area contributed by atoms with E-state index in [1.165, 1.54) is 12.3 Å². The second-order valence-electron chi connectivity index (χ2n) is 11.0. The maximum Gasteiger partial charge on any atom is 0.223 e. The smallest absolute Gasteiger partial charge is 0.223 e. The Bertz CT molecular complexity index is 1840. The number of imidazole rings is 2. The summed E-state index contributed by atoms with van der Waals surface area (Å²) >= 11 is 10.0. The lowest BCUT2D eigenvalue weighted by Crippen LogP contribution is -2.46. The maximum absolute atomic E-state index is 15.3. The zero-order valence-electron chi connectivity index (χ0n) is 21.0. The van der Waals surface area contributed by atoms with Gasteiger partial charge in [0.1, 0.15) is 21.9 Å². The van der Waals surface area contributed by atoms with Crippen LogP contribution in [-0.2, 0) is 9.59 Å². The molecular formula is C29H21BrClFN6O2. The van der Waals surface area contributed by atoms with Gasteiger partial charge in [-0.2, -0.15) is 0 Å². The Labute approximate surface area is 241 Å². The van der Waals surface area contributed by atoms with E-state index in [4.69, 9.17) is 16.6 Å². The van der Waals surface area contributed by atoms with Crippen LogP contribution >= 0.6 is 27.5 Å². The zero-order chi connectivity index (χ0) is 27.3. The number of nitrogens with one attached hydrogen (secondary N) is 1. The van der Waals surface area contributed by atoms with E-state index in [9.17, 15) is 9.59 Å². The molecule has 3 aromatic rings. The number of hydrogen-bond acceptors (Lipinski definition) is 5. The van der Waals surface area contributed by atoms with Crippen LogP contribution in [-0.4, -0.2) is 61.3 Å². The number of H-pyrrole nitrogens is 1. The number of fused-ring (bicyclic) bond motifs is 6. The second-order valence-corrected chi connectivity index (χ2v) is 12.3. The van der Waals surface area contributed by atoms with Crippen molar-refractivity contribution in [2.45, 2.75) is 31.2 Å². The van der Waals surface area contributed by atoms with Crippen LogP contribution in [0.5, 0.6) is 0 Å². The number of aliphatic imine (C=N–C) groups is 1. The van der Waals surface area contributed by atoms with Crippen LogP contribution in [0.15, 0.2) is 85.6 Å². The Morgan fingerprint density at radius 3 is 2.85 bits per heavy atom. The maximum atomic E-state index is 15.3. The van der Waals surface area contributed by atoms with Crippen molar-refractivity contribution in [3.8, 4) is 11.3 Å². The van der Waals surface area contributed by atoms with Gasteiger partial charge in [-0.1, -0.05) is 11.6 Å². The fourth-order valence-corrected chi connectivity index (χ4v) is 7.53. The fourth-order valence-electron chi connectivity index (χ4n) is 6.87. The lowest BCUT2D eigenvalue weighted by atomic mass is 9.74. The first-order valence-electron chi connectivity index (χ1n) is 13.1. The number of ketones is 1. The molecule has 3 aromatic heterocycles. The summed E-state index contributed by atoms with van der Waals surface area (Å²) in [7, 11) is 0. The summed E-state index contributed by atoms with van der Waals surface area (Å²) in [5.74, 6) is -0.815. The lowest BCUT2D eigenvalue weighted by molar-refractivity contribution is -0.129. The first-order chi connectivity index (χ1) is 19.3. The Morgan fingerprint density at radius 2 is 2.02 bits per heavy atom. The molecule has 2 atom stereocenters. The van der Waals surface area contributed by atoms with Gasteiger partial charge in [0.15, 0.2) is 5.78 Å². The molecule has 0 aromatic carbocycles. The quantitative estimate of drug-likeness (QED) is 0.427. The number of pyridine rings is 1. The first kappa shape index (κ1) is 24.2. The third-order valence-electron chi connectivity index (χ3n) is 8.77. The van der Waals surface area contributed by atoms with E-state index in [2.05, 4.69) is 30.9 Å². The molecule has 3 aliphatic heterocycles. The molecule has 1 saturated carbocycles. The van der Waals surface area contributed by atoms with Gasteiger partial charge in [0.05, 0.1) is 41.6 Å². The van der Waals surface area contributed by atoms with E-state index >= 15 is 4.39 Å². The molecule has 8 nitrogen and oxygen atoms in total. The molecule has 1 amide bonds. The highest BCUT2D eigenvalue weighted by atomic mass is 79.9. The predicted molar refractivity (Wildman–Crippen MR) is 151 cm³/mol. The van der Waals surface area contributed by atoms with E-state index in [0.717, 1.165) is 51.6 Å². The van der Waals surface area contributed by atoms with E-state index in [-0.39, 0.29) is 28.0 Å². The number of carbonyl (C=O) groups is 2. The highest BCUT2D eigenvalue weighted by Crippen LogP contribution is 2.62. The topological polar surface area (TPSA) is 95.7 Å². The second kappa shape index (κ2) is 8.44. The summed E-state index contributed by atoms with van der Waals surface area (Å²) in [6.07, 6.45) is 11.7. The van der Waals surface area contributed by atoms with Crippen LogP contribution in [0.2, 0.25) is 0 Å². The largest absolute Gasteiger partial charge is 0.341 e. The average molecular weight is 620 g/mol. The lowest BCUT2D eigenvalue weighted by Gasteiger charge is -2.42. The molecule has 11 heteroatoms. The minimum Gasteiger partial charge on any atom is -0.341 e. The van der Waals surface area contributed by atoms with Gasteiger partial charge >= 0.3 is 0 Å². The Morgan fingerprint density at radius 1 is 1.18 bits per heavy atom. The fraction of sp³-hybridized carbons (Fsp3) is 0.276. The highest BCUT2D eigenvalue weighted by Gasteiger charge is 2.62. The van der Waals surface area contributed by atoms with E-state index in [1.807, 2.05) is 27.6 Å². The van der Waals surface area contributed by atoms with Crippen molar-refractivity contribution in [3.05, 3.63) is 86.5 Å². The van der Waals surface area contributed by atoms with Crippen molar-refractivity contribution in [2.75, 3.05) is 13.1 Å². The Kier molecular flexibility index (Phi) is 5.10. The molecular weight excluding hydrogens is 599 g/mol. The van der Waals surface area contributed by atoms with Crippen LogP contribution in [0.1, 0.15) is 31.0 Å². The molecule has 2 fully saturated rings. The molecule has 1 unspecified atom stereocenters. The normalized spacial score (nSPS) is 25.1. The van der Waals surface area contributed by atoms with Crippen LogP contribution in [0.3, 0.4) is 0 Å². The summed E-state index contributed by atoms with van der Waals surface area (Å²) in [6.45, 7) is 0.677. The van der Waals surface area contributed by atoms with E-state index in [1.54, 1.807) is 12.4 Å². The standard InChI is InChI=1S/C29H21BrClFN6O2/c30-22-12-34-23-5-14(1-4-37(22)23)21-11-35-28(36-21)18-13-38-24(40)8-29(2-3-29)27(38)17-9-33-10-19(31)26-16(25(17)18)6-15(39)7-20(26)32/h1,4-7,10-12,18,27H,2-3,8-9,13H2,(H,35,36)/t18?,27-/m0/s1. The van der Waals surface area contributed by atoms with Crippen molar-refractivity contribution >= 4 is 51.1 Å². The molecule has 1 N–H and O–H groups in total. The third-order valence-corrected chi connectivity index (χ3v) is 9.65. The minimum absolute atomic E-state index is 0.112. The van der Waals surface area contributed by atoms with E-state index in [0.29, 0.717) is 30.9 Å². The van der Waals surface area contributed by atoms with Crippen LogP contribution in [0.25, 0.3) is 16.9 Å². The van der Waals surface area contributed by atoms with Crippen molar-refractivity contribution < 1.29 is 14.0 Å². The third kappa shape index (κ3) is 3.45. The number of amides is 1. The van der Waals surface area contributed by atoms with Gasteiger partial charge in [0, 0.05) is 48.0 Å². The SMILES string of the molecule is O=C1C=C(F)C2=C(Cl)C=NCC3=C(C2=C1)C(c1ncc(-c2ccn4c(Br)cnc4c2)[nH]1)CN1C(=O)CC2(CC2)[C@H]31. The molecule has 1 spiro atoms. The monoisotopic (exact) mass is 618 g/mol. The number of aromatic nitrogens is 4. The number of nitrogens with zero attached hydrogens (tertiary/aromatic N) is 5. The molecule has 2 aliphatic carbocycles. The number of halogens is 3. The van der Waals surface area contributed by atoms with Crippen molar-refractivity contribution in [3.63, 3.8) is 0 Å². The number of hydrogen-bond donors (Lipinski definition) is 1. The predicted octanol–water partition coefficient (Wildman–Crippen LogP) is 5.20. The van der Waals surface area contributed by atoms with Crippen LogP contribution < -0.4 is 0 Å².